The van der Waals surface area contributed by atoms with E-state index in [0.29, 0.717) is 12.1 Å². The fraction of sp³-hybridized carbons (Fsp3) is 0.409. The summed E-state index contributed by atoms with van der Waals surface area (Å²) in [6.45, 7) is 9.19. The summed E-state index contributed by atoms with van der Waals surface area (Å²) < 4.78 is 26.9. The molecule has 2 aromatic carbocycles. The lowest BCUT2D eigenvalue weighted by Gasteiger charge is -2.30. The first kappa shape index (κ1) is 20.4. The Kier molecular flexibility index (Phi) is 6.75. The van der Waals surface area contributed by atoms with Crippen molar-refractivity contribution in [2.75, 3.05) is 32.7 Å². The molecule has 0 spiro atoms. The van der Waals surface area contributed by atoms with E-state index >= 15 is 0 Å². The van der Waals surface area contributed by atoms with Gasteiger partial charge in [0.25, 0.3) is 5.91 Å². The van der Waals surface area contributed by atoms with Crippen LogP contribution in [-0.2, 0) is 11.3 Å². The number of hydrogen-bond donors (Lipinski definition) is 3. The predicted molar refractivity (Wildman–Crippen MR) is 104 cm³/mol. The number of amides is 1. The number of nitrogens with one attached hydrogen (secondary N) is 3. The maximum Gasteiger partial charge on any atom is 0.275 e. The highest BCUT2D eigenvalue weighted by Gasteiger charge is 2.26. The molecule has 0 radical (unpaired) electrons. The molecule has 1 fully saturated rings. The van der Waals surface area contributed by atoms with Crippen LogP contribution in [0.4, 0.5) is 8.78 Å². The van der Waals surface area contributed by atoms with E-state index in [0.717, 1.165) is 38.8 Å². The molecule has 1 aliphatic heterocycles. The van der Waals surface area contributed by atoms with E-state index in [4.69, 9.17) is 0 Å². The van der Waals surface area contributed by atoms with Crippen LogP contribution >= 0.6 is 0 Å². The van der Waals surface area contributed by atoms with Gasteiger partial charge < -0.3 is 15.1 Å². The molecule has 6 heteroatoms. The molecule has 3 rings (SSSR count). The van der Waals surface area contributed by atoms with Crippen molar-refractivity contribution in [2.24, 2.45) is 0 Å². The molecule has 0 bridgehead atoms. The Bertz CT molecular complexity index is 819. The number of quaternary nitrogens is 2. The van der Waals surface area contributed by atoms with Gasteiger partial charge in [0, 0.05) is 17.2 Å². The largest absolute Gasteiger partial charge is 0.345 e. The highest BCUT2D eigenvalue weighted by atomic mass is 19.1. The first-order valence-corrected chi connectivity index (χ1v) is 9.88. The summed E-state index contributed by atoms with van der Waals surface area (Å²) in [7, 11) is 0. The van der Waals surface area contributed by atoms with Gasteiger partial charge in [0.2, 0.25) is 0 Å². The van der Waals surface area contributed by atoms with Crippen LogP contribution in [0.5, 0.6) is 0 Å². The van der Waals surface area contributed by atoms with Crippen molar-refractivity contribution in [3.63, 3.8) is 0 Å². The zero-order chi connectivity index (χ0) is 20.1. The minimum Gasteiger partial charge on any atom is -0.345 e. The normalized spacial score (nSPS) is 20.6. The SMILES string of the molecule is Cc1ccccc1C[NH+]1CC[NH+](CC(=O)N[C@@H](C)c2ccc(F)cc2F)CC1. The van der Waals surface area contributed by atoms with Gasteiger partial charge in [-0.05, 0) is 25.5 Å². The monoisotopic (exact) mass is 389 g/mol. The van der Waals surface area contributed by atoms with Gasteiger partial charge in [-0.2, -0.15) is 0 Å². The van der Waals surface area contributed by atoms with E-state index in [1.54, 1.807) is 11.8 Å². The summed E-state index contributed by atoms with van der Waals surface area (Å²) in [5.74, 6) is -1.35. The third kappa shape index (κ3) is 5.36. The zero-order valence-corrected chi connectivity index (χ0v) is 16.5. The Hall–Kier alpha value is -2.31. The number of hydrogen-bond acceptors (Lipinski definition) is 1. The molecule has 28 heavy (non-hydrogen) atoms. The second-order valence-electron chi connectivity index (χ2n) is 7.74. The Balaban J connectivity index is 1.45. The van der Waals surface area contributed by atoms with Crippen molar-refractivity contribution in [3.05, 3.63) is 70.8 Å². The topological polar surface area (TPSA) is 38.0 Å². The van der Waals surface area contributed by atoms with Crippen molar-refractivity contribution < 1.29 is 23.4 Å². The minimum absolute atomic E-state index is 0.103. The summed E-state index contributed by atoms with van der Waals surface area (Å²) >= 11 is 0. The van der Waals surface area contributed by atoms with Crippen LogP contribution in [0.15, 0.2) is 42.5 Å². The van der Waals surface area contributed by atoms with Crippen LogP contribution < -0.4 is 15.1 Å². The van der Waals surface area contributed by atoms with Crippen LogP contribution in [-0.4, -0.2) is 38.6 Å². The molecule has 1 amide bonds. The van der Waals surface area contributed by atoms with Crippen LogP contribution in [0.3, 0.4) is 0 Å². The third-order valence-corrected chi connectivity index (χ3v) is 5.58. The maximum atomic E-state index is 13.9. The average molecular weight is 389 g/mol. The van der Waals surface area contributed by atoms with Gasteiger partial charge in [-0.15, -0.1) is 0 Å². The number of benzene rings is 2. The first-order chi connectivity index (χ1) is 13.4. The molecule has 0 unspecified atom stereocenters. The number of carbonyl (C=O) groups is 1. The number of carbonyl (C=O) groups excluding carboxylic acids is 1. The molecule has 0 saturated carbocycles. The van der Waals surface area contributed by atoms with Crippen molar-refractivity contribution in [2.45, 2.75) is 26.4 Å². The van der Waals surface area contributed by atoms with Gasteiger partial charge in [0.05, 0.1) is 6.04 Å². The minimum atomic E-state index is -0.631. The Morgan fingerprint density at radius 3 is 2.43 bits per heavy atom. The Morgan fingerprint density at radius 2 is 1.75 bits per heavy atom. The molecule has 1 saturated heterocycles. The number of halogens is 2. The molecule has 1 heterocycles. The predicted octanol–water partition coefficient (Wildman–Crippen LogP) is 0.434. The summed E-state index contributed by atoms with van der Waals surface area (Å²) in [6.07, 6.45) is 0. The van der Waals surface area contributed by atoms with E-state index in [-0.39, 0.29) is 5.91 Å². The fourth-order valence-electron chi connectivity index (χ4n) is 3.84. The van der Waals surface area contributed by atoms with Gasteiger partial charge in [0.1, 0.15) is 44.4 Å². The number of rotatable bonds is 6. The van der Waals surface area contributed by atoms with Gasteiger partial charge >= 0.3 is 0 Å². The molecule has 1 atom stereocenters. The number of piperazine rings is 1. The summed E-state index contributed by atoms with van der Waals surface area (Å²) in [4.78, 5) is 15.1. The third-order valence-electron chi connectivity index (χ3n) is 5.58. The standard InChI is InChI=1S/C22H27F2N3O/c1-16-5-3-4-6-18(16)14-26-9-11-27(12-10-26)15-22(28)25-17(2)20-8-7-19(23)13-21(20)24/h3-8,13,17H,9-12,14-15H2,1-2H3,(H,25,28)/p+2/t17-/m0/s1. The van der Waals surface area contributed by atoms with E-state index in [1.807, 2.05) is 0 Å². The first-order valence-electron chi connectivity index (χ1n) is 9.88. The molecule has 0 aromatic heterocycles. The highest BCUT2D eigenvalue weighted by Crippen LogP contribution is 2.17. The molecule has 0 aliphatic carbocycles. The Morgan fingerprint density at radius 1 is 1.07 bits per heavy atom. The van der Waals surface area contributed by atoms with Gasteiger partial charge in [-0.1, -0.05) is 30.3 Å². The zero-order valence-electron chi connectivity index (χ0n) is 16.5. The second kappa shape index (κ2) is 9.26. The van der Waals surface area contributed by atoms with Gasteiger partial charge in [-0.3, -0.25) is 4.79 Å². The van der Waals surface area contributed by atoms with Crippen molar-refractivity contribution in [3.8, 4) is 0 Å². The average Bonchev–Trinajstić information content (AvgIpc) is 2.65. The Labute approximate surface area is 165 Å². The van der Waals surface area contributed by atoms with E-state index in [9.17, 15) is 13.6 Å². The maximum absolute atomic E-state index is 13.9. The smallest absolute Gasteiger partial charge is 0.275 e. The number of aryl methyl sites for hydroxylation is 1. The van der Waals surface area contributed by atoms with Crippen LogP contribution in [0.2, 0.25) is 0 Å². The van der Waals surface area contributed by atoms with E-state index in [2.05, 4.69) is 36.5 Å². The molecule has 1 aliphatic rings. The lowest BCUT2D eigenvalue weighted by Crippen LogP contribution is -3.28. The van der Waals surface area contributed by atoms with Gasteiger partial charge in [-0.25, -0.2) is 8.78 Å². The summed E-state index contributed by atoms with van der Waals surface area (Å²) in [5, 5.41) is 2.83. The lowest BCUT2D eigenvalue weighted by atomic mass is 10.1. The lowest BCUT2D eigenvalue weighted by molar-refractivity contribution is -1.02. The molecular weight excluding hydrogens is 360 g/mol. The summed E-state index contributed by atoms with van der Waals surface area (Å²) in [6, 6.07) is 11.4. The molecule has 4 nitrogen and oxygen atoms in total. The molecule has 2 aromatic rings. The molecule has 150 valence electrons. The van der Waals surface area contributed by atoms with Gasteiger partial charge in [0.15, 0.2) is 6.54 Å². The highest BCUT2D eigenvalue weighted by molar-refractivity contribution is 5.77. The van der Waals surface area contributed by atoms with Crippen LogP contribution in [0.1, 0.15) is 29.7 Å². The second-order valence-corrected chi connectivity index (χ2v) is 7.74. The molecular formula is C22H29F2N3O+2. The van der Waals surface area contributed by atoms with Crippen molar-refractivity contribution in [1.82, 2.24) is 5.32 Å². The fourth-order valence-corrected chi connectivity index (χ4v) is 3.84. The van der Waals surface area contributed by atoms with Crippen LogP contribution in [0, 0.1) is 18.6 Å². The molecule has 3 N–H and O–H groups in total. The van der Waals surface area contributed by atoms with Crippen molar-refractivity contribution >= 4 is 5.91 Å². The van der Waals surface area contributed by atoms with E-state index in [1.165, 1.54) is 28.2 Å². The summed E-state index contributed by atoms with van der Waals surface area (Å²) in [5.41, 5.74) is 3.01. The van der Waals surface area contributed by atoms with E-state index < -0.39 is 17.7 Å². The quantitative estimate of drug-likeness (QED) is 0.659. The van der Waals surface area contributed by atoms with Crippen molar-refractivity contribution in [1.29, 1.82) is 0 Å². The van der Waals surface area contributed by atoms with Crippen LogP contribution in [0.25, 0.3) is 0 Å².